The van der Waals surface area contributed by atoms with Crippen LogP contribution in [0.4, 0.5) is 17.1 Å². The minimum Gasteiger partial charge on any atom is -0.454 e. The third-order valence-electron chi connectivity index (χ3n) is 11.7. The molecule has 11 rings (SSSR count). The predicted molar refractivity (Wildman–Crippen MR) is 241 cm³/mol. The van der Waals surface area contributed by atoms with Gasteiger partial charge in [-0.1, -0.05) is 166 Å². The minimum atomic E-state index is -0.0919. The Labute approximate surface area is 342 Å². The summed E-state index contributed by atoms with van der Waals surface area (Å²) in [6.07, 6.45) is 0. The summed E-state index contributed by atoms with van der Waals surface area (Å²) in [7, 11) is 0. The summed E-state index contributed by atoms with van der Waals surface area (Å²) < 4.78 is 6.96. The molecule has 59 heavy (non-hydrogen) atoms. The Kier molecular flexibility index (Phi) is 8.09. The summed E-state index contributed by atoms with van der Waals surface area (Å²) >= 11 is 0. The summed E-state index contributed by atoms with van der Waals surface area (Å²) in [5.41, 5.74) is 14.8. The number of fused-ring (bicyclic) bond motifs is 6. The van der Waals surface area contributed by atoms with Crippen LogP contribution in [0, 0.1) is 0 Å². The van der Waals surface area contributed by atoms with Crippen molar-refractivity contribution in [2.45, 2.75) is 19.3 Å². The van der Waals surface area contributed by atoms with Gasteiger partial charge in [-0.25, -0.2) is 15.0 Å². The summed E-state index contributed by atoms with van der Waals surface area (Å²) in [5, 5.41) is 2.06. The van der Waals surface area contributed by atoms with Gasteiger partial charge in [-0.15, -0.1) is 0 Å². The third kappa shape index (κ3) is 5.90. The molecule has 8 aromatic carbocycles. The molecular formula is C54H38N4O. The monoisotopic (exact) mass is 758 g/mol. The number of rotatable bonds is 7. The summed E-state index contributed by atoms with van der Waals surface area (Å²) in [6, 6.07) is 67.9. The molecule has 0 bridgehead atoms. The second-order valence-corrected chi connectivity index (χ2v) is 15.7. The van der Waals surface area contributed by atoms with Crippen LogP contribution in [0.3, 0.4) is 0 Å². The van der Waals surface area contributed by atoms with Crippen molar-refractivity contribution in [1.82, 2.24) is 15.0 Å². The Morgan fingerprint density at radius 3 is 1.63 bits per heavy atom. The van der Waals surface area contributed by atoms with Crippen molar-refractivity contribution in [3.05, 3.63) is 205 Å². The summed E-state index contributed by atoms with van der Waals surface area (Å²) in [6.45, 7) is 4.64. The van der Waals surface area contributed by atoms with Gasteiger partial charge in [-0.05, 0) is 75.8 Å². The molecule has 280 valence electrons. The van der Waals surface area contributed by atoms with E-state index in [1.165, 1.54) is 27.8 Å². The van der Waals surface area contributed by atoms with Gasteiger partial charge in [0.05, 0.1) is 5.69 Å². The number of nitrogens with zero attached hydrogens (tertiary/aromatic N) is 4. The highest BCUT2D eigenvalue weighted by atomic mass is 16.3. The topological polar surface area (TPSA) is 55.1 Å². The van der Waals surface area contributed by atoms with Crippen molar-refractivity contribution in [3.63, 3.8) is 0 Å². The number of anilines is 3. The molecule has 0 N–H and O–H groups in total. The number of hydrogen-bond donors (Lipinski definition) is 0. The Morgan fingerprint density at radius 2 is 0.949 bits per heavy atom. The molecule has 2 aromatic heterocycles. The van der Waals surface area contributed by atoms with Crippen molar-refractivity contribution < 1.29 is 4.42 Å². The first-order valence-electron chi connectivity index (χ1n) is 20.0. The molecule has 0 amide bonds. The maximum atomic E-state index is 6.96. The number of aromatic nitrogens is 3. The highest BCUT2D eigenvalue weighted by molar-refractivity contribution is 6.11. The molecule has 5 heteroatoms. The lowest BCUT2D eigenvalue weighted by atomic mass is 9.82. The van der Waals surface area contributed by atoms with Crippen molar-refractivity contribution in [3.8, 4) is 56.4 Å². The van der Waals surface area contributed by atoms with E-state index in [2.05, 4.69) is 152 Å². The number of furan rings is 1. The van der Waals surface area contributed by atoms with Gasteiger partial charge < -0.3 is 9.32 Å². The van der Waals surface area contributed by atoms with Crippen LogP contribution in [0.1, 0.15) is 25.0 Å². The van der Waals surface area contributed by atoms with Crippen molar-refractivity contribution in [2.75, 3.05) is 4.90 Å². The van der Waals surface area contributed by atoms with Gasteiger partial charge in [0.15, 0.2) is 23.1 Å². The quantitative estimate of drug-likeness (QED) is 0.162. The zero-order chi connectivity index (χ0) is 39.5. The SMILES string of the molecule is CC1(C)c2ccccc2-c2cc(N(c3ccc(-c4ccccc4)cc3)c3cccc4c3oc3cc(-c5nc(-c6ccccc6)nc(-c6ccccc6)n5)ccc34)ccc21. The maximum absolute atomic E-state index is 6.96. The maximum Gasteiger partial charge on any atom is 0.164 e. The average molecular weight is 759 g/mol. The van der Waals surface area contributed by atoms with E-state index >= 15 is 0 Å². The molecule has 0 radical (unpaired) electrons. The van der Waals surface area contributed by atoms with Crippen LogP contribution in [0.2, 0.25) is 0 Å². The van der Waals surface area contributed by atoms with Crippen molar-refractivity contribution in [2.24, 2.45) is 0 Å². The van der Waals surface area contributed by atoms with Gasteiger partial charge in [0.2, 0.25) is 0 Å². The van der Waals surface area contributed by atoms with Crippen LogP contribution < -0.4 is 4.90 Å². The smallest absolute Gasteiger partial charge is 0.164 e. The van der Waals surface area contributed by atoms with Crippen LogP contribution >= 0.6 is 0 Å². The number of hydrogen-bond acceptors (Lipinski definition) is 5. The Balaban J connectivity index is 1.07. The largest absolute Gasteiger partial charge is 0.454 e. The van der Waals surface area contributed by atoms with E-state index < -0.39 is 0 Å². The molecule has 1 aliphatic rings. The first kappa shape index (κ1) is 34.6. The lowest BCUT2D eigenvalue weighted by molar-refractivity contribution is 0.660. The zero-order valence-electron chi connectivity index (χ0n) is 32.7. The molecule has 1 aliphatic carbocycles. The Morgan fingerprint density at radius 1 is 0.407 bits per heavy atom. The predicted octanol–water partition coefficient (Wildman–Crippen LogP) is 14.2. The van der Waals surface area contributed by atoms with Crippen LogP contribution in [0.25, 0.3) is 78.4 Å². The van der Waals surface area contributed by atoms with E-state index in [-0.39, 0.29) is 5.41 Å². The molecule has 0 unspecified atom stereocenters. The summed E-state index contributed by atoms with van der Waals surface area (Å²) in [4.78, 5) is 17.2. The van der Waals surface area contributed by atoms with Crippen LogP contribution in [0.5, 0.6) is 0 Å². The van der Waals surface area contributed by atoms with Gasteiger partial charge >= 0.3 is 0 Å². The number of para-hydroxylation sites is 1. The van der Waals surface area contributed by atoms with Crippen LogP contribution in [-0.2, 0) is 5.41 Å². The fourth-order valence-corrected chi connectivity index (χ4v) is 8.74. The molecule has 0 aliphatic heterocycles. The van der Waals surface area contributed by atoms with Crippen LogP contribution in [-0.4, -0.2) is 15.0 Å². The van der Waals surface area contributed by atoms with E-state index in [0.717, 1.165) is 61.3 Å². The van der Waals surface area contributed by atoms with E-state index in [9.17, 15) is 0 Å². The molecule has 5 nitrogen and oxygen atoms in total. The van der Waals surface area contributed by atoms with E-state index in [0.29, 0.717) is 17.5 Å². The fraction of sp³-hybridized carbons (Fsp3) is 0.0556. The van der Waals surface area contributed by atoms with Gasteiger partial charge in [0, 0.05) is 44.3 Å². The van der Waals surface area contributed by atoms with E-state index in [4.69, 9.17) is 19.4 Å². The normalized spacial score (nSPS) is 12.7. The van der Waals surface area contributed by atoms with Crippen molar-refractivity contribution in [1.29, 1.82) is 0 Å². The van der Waals surface area contributed by atoms with Gasteiger partial charge in [-0.2, -0.15) is 0 Å². The number of benzene rings is 8. The molecule has 0 saturated carbocycles. The highest BCUT2D eigenvalue weighted by Gasteiger charge is 2.35. The average Bonchev–Trinajstić information content (AvgIpc) is 3.79. The molecule has 0 saturated heterocycles. The standard InChI is InChI=1S/C54H38N4O/c1-54(2)46-23-13-12-21-42(46)45-34-41(30-32-47(45)54)58(40-28-25-36(26-29-40)35-15-6-3-7-16-35)48-24-14-22-44-43-31-27-39(33-49(43)59-50(44)48)53-56-51(37-17-8-4-9-18-37)55-52(57-53)38-19-10-5-11-20-38/h3-34H,1-2H3. The van der Waals surface area contributed by atoms with E-state index in [1.54, 1.807) is 0 Å². The first-order chi connectivity index (χ1) is 29.0. The Bertz CT molecular complexity index is 3120. The molecule has 0 fully saturated rings. The first-order valence-corrected chi connectivity index (χ1v) is 20.0. The lowest BCUT2D eigenvalue weighted by Gasteiger charge is -2.27. The van der Waals surface area contributed by atoms with E-state index in [1.807, 2.05) is 60.7 Å². The van der Waals surface area contributed by atoms with Gasteiger partial charge in [0.25, 0.3) is 0 Å². The summed E-state index contributed by atoms with van der Waals surface area (Å²) in [5.74, 6) is 1.83. The zero-order valence-corrected chi connectivity index (χ0v) is 32.7. The highest BCUT2D eigenvalue weighted by Crippen LogP contribution is 2.51. The Hall–Kier alpha value is -7.63. The van der Waals surface area contributed by atoms with Crippen molar-refractivity contribution >= 4 is 39.0 Å². The van der Waals surface area contributed by atoms with Crippen LogP contribution in [0.15, 0.2) is 199 Å². The minimum absolute atomic E-state index is 0.0919. The fourth-order valence-electron chi connectivity index (χ4n) is 8.74. The van der Waals surface area contributed by atoms with Gasteiger partial charge in [0.1, 0.15) is 5.58 Å². The molecule has 2 heterocycles. The second kappa shape index (κ2) is 13.8. The molecule has 10 aromatic rings. The van der Waals surface area contributed by atoms with Gasteiger partial charge in [-0.3, -0.25) is 0 Å². The molecule has 0 atom stereocenters. The molecular weight excluding hydrogens is 721 g/mol. The molecule has 0 spiro atoms. The third-order valence-corrected chi connectivity index (χ3v) is 11.7. The second-order valence-electron chi connectivity index (χ2n) is 15.7. The lowest BCUT2D eigenvalue weighted by Crippen LogP contribution is -2.15.